The van der Waals surface area contributed by atoms with Crippen LogP contribution in [0.1, 0.15) is 34.7 Å². The Kier molecular flexibility index (Phi) is 4.98. The molecule has 0 fully saturated rings. The van der Waals surface area contributed by atoms with Gasteiger partial charge in [0.05, 0.1) is 5.69 Å². The van der Waals surface area contributed by atoms with E-state index in [9.17, 15) is 9.18 Å². The number of benzene rings is 2. The number of anilines is 1. The second-order valence-corrected chi connectivity index (χ2v) is 8.38. The van der Waals surface area contributed by atoms with Gasteiger partial charge in [-0.2, -0.15) is 14.3 Å². The minimum absolute atomic E-state index is 0.0968. The number of hydrogen-bond donors (Lipinski definition) is 1. The predicted octanol–water partition coefficient (Wildman–Crippen LogP) is 3.81. The first-order chi connectivity index (χ1) is 17.0. The number of rotatable bonds is 5. The van der Waals surface area contributed by atoms with Crippen molar-refractivity contribution in [3.8, 4) is 11.6 Å². The number of aryl methyl sites for hydroxylation is 1. The molecule has 1 unspecified atom stereocenters. The van der Waals surface area contributed by atoms with Crippen molar-refractivity contribution in [3.63, 3.8) is 0 Å². The Labute approximate surface area is 199 Å². The number of ether oxygens (including phenoxy) is 1. The first-order valence-corrected chi connectivity index (χ1v) is 11.1. The fraction of sp³-hybridized carbons (Fsp3) is 0.160. The summed E-state index contributed by atoms with van der Waals surface area (Å²) in [5.74, 6) is 1.26. The van der Waals surface area contributed by atoms with Crippen LogP contribution in [0.15, 0.2) is 67.0 Å². The molecule has 1 aliphatic heterocycles. The maximum atomic E-state index is 13.4. The van der Waals surface area contributed by atoms with Crippen LogP contribution < -0.4 is 10.1 Å². The van der Waals surface area contributed by atoms with Crippen LogP contribution in [0.5, 0.6) is 5.75 Å². The molecule has 1 amide bonds. The summed E-state index contributed by atoms with van der Waals surface area (Å²) in [4.78, 5) is 12.7. The normalized spacial score (nSPS) is 15.1. The van der Waals surface area contributed by atoms with Gasteiger partial charge in [-0.15, -0.1) is 15.3 Å². The van der Waals surface area contributed by atoms with Crippen LogP contribution in [0.25, 0.3) is 11.5 Å². The van der Waals surface area contributed by atoms with Crippen molar-refractivity contribution in [2.75, 3.05) is 5.32 Å². The standard InChI is InChI=1S/C25H20FN7O2/c1-15-24-20(17-5-7-19(8-6-17)35-13-16-3-2-4-18(26)11-16)12-23(34)28-25(24)33(30-15)22-10-9-21-29-27-14-32(21)31-22/h2-11,14,20H,12-13H2,1H3,(H,28,34). The van der Waals surface area contributed by atoms with Crippen LogP contribution in [-0.4, -0.2) is 35.5 Å². The highest BCUT2D eigenvalue weighted by atomic mass is 19.1. The second kappa shape index (κ2) is 8.32. The zero-order chi connectivity index (χ0) is 23.9. The lowest BCUT2D eigenvalue weighted by molar-refractivity contribution is -0.116. The van der Waals surface area contributed by atoms with E-state index in [2.05, 4.69) is 25.7 Å². The number of amides is 1. The average molecular weight is 469 g/mol. The molecule has 5 aromatic rings. The minimum Gasteiger partial charge on any atom is -0.489 e. The van der Waals surface area contributed by atoms with Crippen molar-refractivity contribution in [1.29, 1.82) is 0 Å². The van der Waals surface area contributed by atoms with Crippen LogP contribution in [0.4, 0.5) is 10.2 Å². The van der Waals surface area contributed by atoms with Crippen LogP contribution in [0.2, 0.25) is 0 Å². The van der Waals surface area contributed by atoms with E-state index in [4.69, 9.17) is 4.74 Å². The van der Waals surface area contributed by atoms with Gasteiger partial charge in [0, 0.05) is 17.9 Å². The third-order valence-corrected chi connectivity index (χ3v) is 6.04. The Morgan fingerprint density at radius 1 is 1.11 bits per heavy atom. The summed E-state index contributed by atoms with van der Waals surface area (Å²) in [6.45, 7) is 2.19. The van der Waals surface area contributed by atoms with Crippen LogP contribution in [0.3, 0.4) is 0 Å². The predicted molar refractivity (Wildman–Crippen MR) is 125 cm³/mol. The number of aromatic nitrogens is 6. The van der Waals surface area contributed by atoms with E-state index in [0.717, 1.165) is 22.4 Å². The summed E-state index contributed by atoms with van der Waals surface area (Å²) in [5, 5.41) is 20.0. The number of halogens is 1. The molecule has 4 heterocycles. The monoisotopic (exact) mass is 469 g/mol. The first-order valence-electron chi connectivity index (χ1n) is 11.1. The van der Waals surface area contributed by atoms with Gasteiger partial charge in [0.2, 0.25) is 5.91 Å². The third-order valence-electron chi connectivity index (χ3n) is 6.04. The van der Waals surface area contributed by atoms with Gasteiger partial charge in [0.15, 0.2) is 11.5 Å². The zero-order valence-corrected chi connectivity index (χ0v) is 18.7. The fourth-order valence-corrected chi connectivity index (χ4v) is 4.42. The summed E-state index contributed by atoms with van der Waals surface area (Å²) in [6, 6.07) is 17.5. The quantitative estimate of drug-likeness (QED) is 0.420. The highest BCUT2D eigenvalue weighted by Gasteiger charge is 2.33. The molecule has 1 aliphatic rings. The maximum Gasteiger partial charge on any atom is 0.226 e. The Balaban J connectivity index is 1.29. The van der Waals surface area contributed by atoms with Gasteiger partial charge in [-0.25, -0.2) is 4.39 Å². The molecule has 0 saturated carbocycles. The molecule has 10 heteroatoms. The molecule has 3 aromatic heterocycles. The van der Waals surface area contributed by atoms with Crippen LogP contribution in [-0.2, 0) is 11.4 Å². The van der Waals surface area contributed by atoms with Crippen LogP contribution >= 0.6 is 0 Å². The summed E-state index contributed by atoms with van der Waals surface area (Å²) < 4.78 is 22.4. The third kappa shape index (κ3) is 3.88. The van der Waals surface area contributed by atoms with Gasteiger partial charge in [-0.05, 0) is 54.4 Å². The van der Waals surface area contributed by atoms with E-state index in [-0.39, 0.29) is 24.2 Å². The lowest BCUT2D eigenvalue weighted by Crippen LogP contribution is -2.25. The summed E-state index contributed by atoms with van der Waals surface area (Å²) >= 11 is 0. The van der Waals surface area contributed by atoms with Gasteiger partial charge in [0.25, 0.3) is 0 Å². The van der Waals surface area contributed by atoms with Crippen molar-refractivity contribution in [1.82, 2.24) is 29.6 Å². The molecule has 0 bridgehead atoms. The van der Waals surface area contributed by atoms with E-state index in [1.54, 1.807) is 27.4 Å². The SMILES string of the molecule is Cc1nn(-c2ccc3nncn3n2)c2c1C(c1ccc(OCc3cccc(F)c3)cc1)CC(=O)N2. The lowest BCUT2D eigenvalue weighted by atomic mass is 9.86. The molecule has 0 aliphatic carbocycles. The molecule has 0 saturated heterocycles. The molecular formula is C25H20FN7O2. The number of nitrogens with zero attached hydrogens (tertiary/aromatic N) is 6. The van der Waals surface area contributed by atoms with Crippen molar-refractivity contribution >= 4 is 17.4 Å². The molecule has 9 nitrogen and oxygen atoms in total. The average Bonchev–Trinajstić information content (AvgIpc) is 3.46. The van der Waals surface area contributed by atoms with E-state index < -0.39 is 0 Å². The van der Waals surface area contributed by atoms with Crippen molar-refractivity contribution in [2.45, 2.75) is 25.9 Å². The Morgan fingerprint density at radius 2 is 1.97 bits per heavy atom. The maximum absolute atomic E-state index is 13.4. The zero-order valence-electron chi connectivity index (χ0n) is 18.7. The smallest absolute Gasteiger partial charge is 0.226 e. The van der Waals surface area contributed by atoms with Gasteiger partial charge in [-0.3, -0.25) is 4.79 Å². The van der Waals surface area contributed by atoms with Crippen molar-refractivity contribution in [3.05, 3.63) is 95.2 Å². The minimum atomic E-state index is -0.291. The van der Waals surface area contributed by atoms with E-state index in [1.165, 1.54) is 18.5 Å². The molecule has 6 rings (SSSR count). The van der Waals surface area contributed by atoms with E-state index in [1.807, 2.05) is 37.3 Å². The first kappa shape index (κ1) is 21.0. The Bertz CT molecular complexity index is 1560. The van der Waals surface area contributed by atoms with Crippen LogP contribution in [0, 0.1) is 12.7 Å². The molecule has 1 atom stereocenters. The molecule has 0 radical (unpaired) electrons. The number of carbonyl (C=O) groups excluding carboxylic acids is 1. The van der Waals surface area contributed by atoms with Gasteiger partial charge in [0.1, 0.15) is 30.3 Å². The molecular weight excluding hydrogens is 449 g/mol. The summed E-state index contributed by atoms with van der Waals surface area (Å²) in [7, 11) is 0. The number of fused-ring (bicyclic) bond motifs is 2. The highest BCUT2D eigenvalue weighted by molar-refractivity contribution is 5.95. The van der Waals surface area contributed by atoms with Gasteiger partial charge in [-0.1, -0.05) is 24.3 Å². The molecule has 1 N–H and O–H groups in total. The van der Waals surface area contributed by atoms with Gasteiger partial charge >= 0.3 is 0 Å². The van der Waals surface area contributed by atoms with E-state index in [0.29, 0.717) is 29.5 Å². The largest absolute Gasteiger partial charge is 0.489 e. The van der Waals surface area contributed by atoms with Crippen molar-refractivity contribution < 1.29 is 13.9 Å². The number of nitrogens with one attached hydrogen (secondary N) is 1. The van der Waals surface area contributed by atoms with E-state index >= 15 is 0 Å². The Morgan fingerprint density at radius 3 is 2.80 bits per heavy atom. The molecule has 174 valence electrons. The Hall–Kier alpha value is -4.60. The summed E-state index contributed by atoms with van der Waals surface area (Å²) in [5.41, 5.74) is 4.10. The lowest BCUT2D eigenvalue weighted by Gasteiger charge is -2.24. The molecule has 2 aromatic carbocycles. The fourth-order valence-electron chi connectivity index (χ4n) is 4.42. The highest BCUT2D eigenvalue weighted by Crippen LogP contribution is 2.40. The molecule has 0 spiro atoms. The number of hydrogen-bond acceptors (Lipinski definition) is 6. The molecule has 35 heavy (non-hydrogen) atoms. The van der Waals surface area contributed by atoms with Crippen molar-refractivity contribution in [2.24, 2.45) is 0 Å². The second-order valence-electron chi connectivity index (χ2n) is 8.38. The summed E-state index contributed by atoms with van der Waals surface area (Å²) in [6.07, 6.45) is 1.82. The van der Waals surface area contributed by atoms with Gasteiger partial charge < -0.3 is 10.1 Å². The topological polar surface area (TPSA) is 99.2 Å². The number of carbonyl (C=O) groups is 1.